The molecule has 3 nitrogen and oxygen atoms in total. The third-order valence-electron chi connectivity index (χ3n) is 1.53. The molecule has 0 aliphatic rings. The first-order valence-corrected chi connectivity index (χ1v) is 5.75. The summed E-state index contributed by atoms with van der Waals surface area (Å²) in [6.07, 6.45) is 1.12. The summed E-state index contributed by atoms with van der Waals surface area (Å²) in [5, 5.41) is 0.448. The first kappa shape index (κ1) is 10.3. The van der Waals surface area contributed by atoms with Crippen molar-refractivity contribution in [3.63, 3.8) is 0 Å². The van der Waals surface area contributed by atoms with Crippen LogP contribution in [0, 0.1) is 0 Å². The second kappa shape index (κ2) is 3.55. The number of hydrogen-bond acceptors (Lipinski definition) is 3. The van der Waals surface area contributed by atoms with Crippen molar-refractivity contribution < 1.29 is 13.2 Å². The molecule has 0 bridgehead atoms. The molecule has 72 valence electrons. The van der Waals surface area contributed by atoms with E-state index in [2.05, 4.69) is 0 Å². The highest BCUT2D eigenvalue weighted by atomic mass is 35.5. The van der Waals surface area contributed by atoms with Crippen LogP contribution in [0.15, 0.2) is 23.1 Å². The van der Waals surface area contributed by atoms with Crippen LogP contribution >= 0.6 is 11.6 Å². The van der Waals surface area contributed by atoms with Crippen molar-refractivity contribution in [2.24, 2.45) is 0 Å². The van der Waals surface area contributed by atoms with Crippen molar-refractivity contribution in [1.29, 1.82) is 0 Å². The first-order chi connectivity index (χ1) is 5.95. The average molecular weight is 221 g/mol. The van der Waals surface area contributed by atoms with E-state index in [1.807, 2.05) is 0 Å². The summed E-state index contributed by atoms with van der Waals surface area (Å²) in [7, 11) is -1.84. The molecule has 0 spiro atoms. The summed E-state index contributed by atoms with van der Waals surface area (Å²) in [6, 6.07) is 4.41. The van der Waals surface area contributed by atoms with Gasteiger partial charge in [-0.2, -0.15) is 0 Å². The van der Waals surface area contributed by atoms with E-state index in [4.69, 9.17) is 16.3 Å². The van der Waals surface area contributed by atoms with Crippen LogP contribution in [-0.4, -0.2) is 21.8 Å². The Balaban J connectivity index is 3.39. The van der Waals surface area contributed by atoms with Gasteiger partial charge in [-0.25, -0.2) is 8.42 Å². The maximum absolute atomic E-state index is 11.2. The predicted octanol–water partition coefficient (Wildman–Crippen LogP) is 1.75. The average Bonchev–Trinajstić information content (AvgIpc) is 2.01. The van der Waals surface area contributed by atoms with E-state index in [9.17, 15) is 8.42 Å². The van der Waals surface area contributed by atoms with Crippen molar-refractivity contribution in [2.45, 2.75) is 4.90 Å². The quantitative estimate of drug-likeness (QED) is 0.763. The lowest BCUT2D eigenvalue weighted by Gasteiger charge is -2.06. The van der Waals surface area contributed by atoms with E-state index in [0.29, 0.717) is 5.02 Å². The molecule has 0 fully saturated rings. The zero-order valence-electron chi connectivity index (χ0n) is 7.24. The number of sulfone groups is 1. The molecule has 0 heterocycles. The Morgan fingerprint density at radius 2 is 2.00 bits per heavy atom. The highest BCUT2D eigenvalue weighted by Gasteiger charge is 2.13. The van der Waals surface area contributed by atoms with E-state index >= 15 is 0 Å². The summed E-state index contributed by atoms with van der Waals surface area (Å²) in [5.41, 5.74) is 0. The van der Waals surface area contributed by atoms with Crippen LogP contribution in [0.25, 0.3) is 0 Å². The van der Waals surface area contributed by atoms with Crippen LogP contribution in [-0.2, 0) is 9.84 Å². The molecule has 13 heavy (non-hydrogen) atoms. The smallest absolute Gasteiger partial charge is 0.179 e. The minimum absolute atomic E-state index is 0.152. The second-order valence-corrected chi connectivity index (χ2v) is 4.99. The maximum atomic E-state index is 11.2. The summed E-state index contributed by atoms with van der Waals surface area (Å²) >= 11 is 5.67. The van der Waals surface area contributed by atoms with Gasteiger partial charge in [-0.05, 0) is 12.1 Å². The predicted molar refractivity (Wildman–Crippen MR) is 51.1 cm³/mol. The monoisotopic (exact) mass is 220 g/mol. The Morgan fingerprint density at radius 1 is 1.38 bits per heavy atom. The van der Waals surface area contributed by atoms with Gasteiger partial charge in [0.1, 0.15) is 10.6 Å². The molecule has 1 rings (SSSR count). The molecule has 0 unspecified atom stereocenters. The number of benzene rings is 1. The third kappa shape index (κ3) is 2.35. The normalized spacial score (nSPS) is 11.3. The van der Waals surface area contributed by atoms with Gasteiger partial charge in [-0.1, -0.05) is 11.6 Å². The second-order valence-electron chi connectivity index (χ2n) is 2.57. The van der Waals surface area contributed by atoms with Crippen LogP contribution in [0.5, 0.6) is 5.75 Å². The summed E-state index contributed by atoms with van der Waals surface area (Å²) < 4.78 is 27.3. The van der Waals surface area contributed by atoms with Gasteiger partial charge in [0.05, 0.1) is 7.11 Å². The maximum Gasteiger partial charge on any atom is 0.179 e. The largest absolute Gasteiger partial charge is 0.495 e. The lowest BCUT2D eigenvalue weighted by molar-refractivity contribution is 0.403. The molecule has 1 aromatic carbocycles. The zero-order valence-corrected chi connectivity index (χ0v) is 8.82. The van der Waals surface area contributed by atoms with Crippen molar-refractivity contribution in [3.8, 4) is 5.75 Å². The Kier molecular flexibility index (Phi) is 2.83. The molecule has 0 aliphatic carbocycles. The molecule has 0 radical (unpaired) electrons. The standard InChI is InChI=1S/C8H9ClO3S/c1-12-7-5-6(9)3-4-8(7)13(2,10)11/h3-5H,1-2H3. The lowest BCUT2D eigenvalue weighted by Crippen LogP contribution is -2.00. The minimum atomic E-state index is -3.25. The van der Waals surface area contributed by atoms with E-state index in [1.54, 1.807) is 0 Å². The van der Waals surface area contributed by atoms with Crippen molar-refractivity contribution in [1.82, 2.24) is 0 Å². The third-order valence-corrected chi connectivity index (χ3v) is 2.90. The molecule has 0 aliphatic heterocycles. The minimum Gasteiger partial charge on any atom is -0.495 e. The number of ether oxygens (including phenoxy) is 1. The fourth-order valence-corrected chi connectivity index (χ4v) is 1.93. The van der Waals surface area contributed by atoms with Gasteiger partial charge in [-0.3, -0.25) is 0 Å². The molecule has 0 amide bonds. The van der Waals surface area contributed by atoms with Crippen LogP contribution < -0.4 is 4.74 Å². The molecular formula is C8H9ClO3S. The fraction of sp³-hybridized carbons (Fsp3) is 0.250. The first-order valence-electron chi connectivity index (χ1n) is 3.49. The Labute approximate surface area is 82.2 Å². The number of halogens is 1. The van der Waals surface area contributed by atoms with E-state index in [0.717, 1.165) is 6.26 Å². The number of rotatable bonds is 2. The number of methoxy groups -OCH3 is 1. The van der Waals surface area contributed by atoms with Crippen molar-refractivity contribution in [3.05, 3.63) is 23.2 Å². The number of hydrogen-bond donors (Lipinski definition) is 0. The Bertz CT molecular complexity index is 411. The van der Waals surface area contributed by atoms with Gasteiger partial charge in [0.15, 0.2) is 9.84 Å². The summed E-state index contributed by atoms with van der Waals surface area (Å²) in [4.78, 5) is 0.152. The topological polar surface area (TPSA) is 43.4 Å². The Morgan fingerprint density at radius 3 is 2.46 bits per heavy atom. The van der Waals surface area contributed by atoms with Gasteiger partial charge in [0.2, 0.25) is 0 Å². The van der Waals surface area contributed by atoms with Crippen LogP contribution in [0.3, 0.4) is 0 Å². The summed E-state index contributed by atoms with van der Waals surface area (Å²) in [5.74, 6) is 0.273. The SMILES string of the molecule is COc1cc(Cl)ccc1S(C)(=O)=O. The van der Waals surface area contributed by atoms with Gasteiger partial charge in [-0.15, -0.1) is 0 Å². The van der Waals surface area contributed by atoms with Gasteiger partial charge >= 0.3 is 0 Å². The molecule has 5 heteroatoms. The van der Waals surface area contributed by atoms with E-state index in [1.165, 1.54) is 25.3 Å². The highest BCUT2D eigenvalue weighted by molar-refractivity contribution is 7.90. The Hall–Kier alpha value is -0.740. The molecule has 0 aromatic heterocycles. The molecule has 1 aromatic rings. The highest BCUT2D eigenvalue weighted by Crippen LogP contribution is 2.26. The van der Waals surface area contributed by atoms with Crippen LogP contribution in [0.4, 0.5) is 0 Å². The molecular weight excluding hydrogens is 212 g/mol. The van der Waals surface area contributed by atoms with Crippen LogP contribution in [0.2, 0.25) is 5.02 Å². The van der Waals surface area contributed by atoms with Crippen molar-refractivity contribution >= 4 is 21.4 Å². The van der Waals surface area contributed by atoms with E-state index in [-0.39, 0.29) is 10.6 Å². The molecule has 0 N–H and O–H groups in total. The van der Waals surface area contributed by atoms with Crippen LogP contribution in [0.1, 0.15) is 0 Å². The van der Waals surface area contributed by atoms with Gasteiger partial charge in [0, 0.05) is 17.3 Å². The van der Waals surface area contributed by atoms with Gasteiger partial charge in [0.25, 0.3) is 0 Å². The fourth-order valence-electron chi connectivity index (χ4n) is 0.948. The zero-order chi connectivity index (χ0) is 10.1. The molecule has 0 saturated carbocycles. The molecule has 0 atom stereocenters. The summed E-state index contributed by atoms with van der Waals surface area (Å²) in [6.45, 7) is 0. The lowest BCUT2D eigenvalue weighted by atomic mass is 10.3. The van der Waals surface area contributed by atoms with Crippen molar-refractivity contribution in [2.75, 3.05) is 13.4 Å². The van der Waals surface area contributed by atoms with E-state index < -0.39 is 9.84 Å². The molecule has 0 saturated heterocycles. The van der Waals surface area contributed by atoms with Gasteiger partial charge < -0.3 is 4.74 Å².